The number of phenols is 1. The van der Waals surface area contributed by atoms with Crippen LogP contribution in [0.2, 0.25) is 0 Å². The average Bonchev–Trinajstić information content (AvgIpc) is 2.39. The van der Waals surface area contributed by atoms with Gasteiger partial charge >= 0.3 is 0 Å². The normalized spacial score (nSPS) is 10.3. The van der Waals surface area contributed by atoms with Crippen LogP contribution in [0, 0.1) is 0 Å². The lowest BCUT2D eigenvalue weighted by Crippen LogP contribution is -2.23. The molecule has 2 rings (SSSR count). The van der Waals surface area contributed by atoms with Crippen LogP contribution in [-0.4, -0.2) is 14.7 Å². The number of aromatic nitrogens is 2. The quantitative estimate of drug-likeness (QED) is 0.858. The van der Waals surface area contributed by atoms with Crippen LogP contribution >= 0.6 is 0 Å². The van der Waals surface area contributed by atoms with Gasteiger partial charge in [0.05, 0.1) is 0 Å². The number of anilines is 1. The van der Waals surface area contributed by atoms with E-state index in [2.05, 4.69) is 10.3 Å². The van der Waals surface area contributed by atoms with Crippen molar-refractivity contribution >= 4 is 5.82 Å². The van der Waals surface area contributed by atoms with E-state index >= 15 is 0 Å². The third-order valence-electron chi connectivity index (χ3n) is 2.69. The summed E-state index contributed by atoms with van der Waals surface area (Å²) in [5.41, 5.74) is 0.570. The first-order valence-electron chi connectivity index (χ1n) is 5.78. The summed E-state index contributed by atoms with van der Waals surface area (Å²) in [6.45, 7) is 2.86. The number of aryl methyl sites for hydroxylation is 1. The van der Waals surface area contributed by atoms with E-state index in [-0.39, 0.29) is 11.3 Å². The summed E-state index contributed by atoms with van der Waals surface area (Å²) in [5.74, 6) is 0.499. The van der Waals surface area contributed by atoms with Gasteiger partial charge < -0.3 is 15.0 Å². The Kier molecular flexibility index (Phi) is 3.62. The molecule has 5 heteroatoms. The molecule has 1 heterocycles. The number of phenolic OH excluding ortho intramolecular Hbond substituents is 1. The van der Waals surface area contributed by atoms with Crippen LogP contribution in [0.15, 0.2) is 41.5 Å². The fourth-order valence-electron chi connectivity index (χ4n) is 1.66. The van der Waals surface area contributed by atoms with Gasteiger partial charge in [-0.15, -0.1) is 0 Å². The third-order valence-corrected chi connectivity index (χ3v) is 2.69. The summed E-state index contributed by atoms with van der Waals surface area (Å²) in [7, 11) is 0. The van der Waals surface area contributed by atoms with Crippen molar-refractivity contribution in [2.45, 2.75) is 20.0 Å². The van der Waals surface area contributed by atoms with Crippen LogP contribution in [-0.2, 0) is 13.1 Å². The van der Waals surface area contributed by atoms with Crippen molar-refractivity contribution in [3.63, 3.8) is 0 Å². The first kappa shape index (κ1) is 12.2. The molecule has 0 fully saturated rings. The monoisotopic (exact) mass is 245 g/mol. The highest BCUT2D eigenvalue weighted by Gasteiger charge is 2.04. The Hall–Kier alpha value is -2.30. The van der Waals surface area contributed by atoms with Crippen molar-refractivity contribution in [3.8, 4) is 5.75 Å². The maximum absolute atomic E-state index is 11.9. The van der Waals surface area contributed by atoms with E-state index in [1.807, 2.05) is 13.0 Å². The summed E-state index contributed by atoms with van der Waals surface area (Å²) < 4.78 is 1.57. The Balaban J connectivity index is 2.16. The van der Waals surface area contributed by atoms with Crippen molar-refractivity contribution in [1.82, 2.24) is 9.55 Å². The summed E-state index contributed by atoms with van der Waals surface area (Å²) >= 11 is 0. The van der Waals surface area contributed by atoms with Gasteiger partial charge in [0.2, 0.25) is 0 Å². The second-order valence-corrected chi connectivity index (χ2v) is 3.85. The zero-order valence-electron chi connectivity index (χ0n) is 10.1. The number of benzene rings is 1. The second-order valence-electron chi connectivity index (χ2n) is 3.85. The van der Waals surface area contributed by atoms with Crippen LogP contribution in [0.25, 0.3) is 0 Å². The van der Waals surface area contributed by atoms with Gasteiger partial charge in [-0.2, -0.15) is 0 Å². The molecule has 0 amide bonds. The van der Waals surface area contributed by atoms with Gasteiger partial charge in [-0.3, -0.25) is 4.79 Å². The Bertz CT molecular complexity index is 593. The molecule has 0 radical (unpaired) electrons. The molecule has 94 valence electrons. The molecule has 0 unspecified atom stereocenters. The number of hydrogen-bond donors (Lipinski definition) is 2. The Morgan fingerprint density at radius 1 is 1.39 bits per heavy atom. The lowest BCUT2D eigenvalue weighted by Gasteiger charge is -2.08. The summed E-state index contributed by atoms with van der Waals surface area (Å²) in [5, 5.41) is 12.6. The predicted molar refractivity (Wildman–Crippen MR) is 69.6 cm³/mol. The topological polar surface area (TPSA) is 67.2 Å². The molecular formula is C13H15N3O2. The Morgan fingerprint density at radius 2 is 2.17 bits per heavy atom. The van der Waals surface area contributed by atoms with E-state index < -0.39 is 0 Å². The van der Waals surface area contributed by atoms with E-state index in [9.17, 15) is 9.90 Å². The molecule has 0 spiro atoms. The highest BCUT2D eigenvalue weighted by Crippen LogP contribution is 2.15. The molecular weight excluding hydrogens is 230 g/mol. The number of hydrogen-bond acceptors (Lipinski definition) is 4. The third kappa shape index (κ3) is 2.51. The van der Waals surface area contributed by atoms with E-state index in [4.69, 9.17) is 0 Å². The molecule has 18 heavy (non-hydrogen) atoms. The Labute approximate surface area is 105 Å². The van der Waals surface area contributed by atoms with Crippen molar-refractivity contribution in [3.05, 3.63) is 52.6 Å². The van der Waals surface area contributed by atoms with Crippen LogP contribution in [0.3, 0.4) is 0 Å². The lowest BCUT2D eigenvalue weighted by molar-refractivity contribution is 0.469. The number of rotatable bonds is 4. The van der Waals surface area contributed by atoms with Gasteiger partial charge in [-0.1, -0.05) is 18.2 Å². The first-order valence-corrected chi connectivity index (χ1v) is 5.78. The molecule has 0 saturated heterocycles. The van der Waals surface area contributed by atoms with E-state index in [1.54, 1.807) is 35.2 Å². The molecule has 0 bridgehead atoms. The van der Waals surface area contributed by atoms with E-state index in [0.717, 1.165) is 5.56 Å². The molecule has 0 aliphatic rings. The molecule has 1 aromatic heterocycles. The fourth-order valence-corrected chi connectivity index (χ4v) is 1.66. The number of para-hydroxylation sites is 1. The Morgan fingerprint density at radius 3 is 2.89 bits per heavy atom. The molecule has 0 saturated carbocycles. The van der Waals surface area contributed by atoms with Crippen LogP contribution in [0.4, 0.5) is 5.82 Å². The van der Waals surface area contributed by atoms with Gasteiger partial charge in [0.25, 0.3) is 5.56 Å². The van der Waals surface area contributed by atoms with Crippen LogP contribution < -0.4 is 10.9 Å². The lowest BCUT2D eigenvalue weighted by atomic mass is 10.2. The first-order chi connectivity index (χ1) is 8.72. The zero-order chi connectivity index (χ0) is 13.0. The molecule has 0 aliphatic carbocycles. The summed E-state index contributed by atoms with van der Waals surface area (Å²) in [6, 6.07) is 6.99. The maximum Gasteiger partial charge on any atom is 0.293 e. The number of nitrogens with zero attached hydrogens (tertiary/aromatic N) is 2. The number of aromatic hydroxyl groups is 1. The molecule has 0 aliphatic heterocycles. The number of nitrogens with one attached hydrogen (secondary N) is 1. The predicted octanol–water partition coefficient (Wildman–Crippen LogP) is 1.58. The van der Waals surface area contributed by atoms with Crippen molar-refractivity contribution in [1.29, 1.82) is 0 Å². The van der Waals surface area contributed by atoms with Gasteiger partial charge in [0.15, 0.2) is 5.82 Å². The highest BCUT2D eigenvalue weighted by molar-refractivity contribution is 5.37. The average molecular weight is 245 g/mol. The van der Waals surface area contributed by atoms with E-state index in [0.29, 0.717) is 18.9 Å². The van der Waals surface area contributed by atoms with Crippen molar-refractivity contribution in [2.75, 3.05) is 5.32 Å². The van der Waals surface area contributed by atoms with Crippen molar-refractivity contribution < 1.29 is 5.11 Å². The van der Waals surface area contributed by atoms with E-state index in [1.165, 1.54) is 0 Å². The minimum absolute atomic E-state index is 0.157. The minimum Gasteiger partial charge on any atom is -0.508 e. The molecule has 0 atom stereocenters. The van der Waals surface area contributed by atoms with Gasteiger partial charge in [0.1, 0.15) is 5.75 Å². The molecule has 1 aromatic carbocycles. The highest BCUT2D eigenvalue weighted by atomic mass is 16.3. The van der Waals surface area contributed by atoms with Gasteiger partial charge in [0, 0.05) is 31.0 Å². The minimum atomic E-state index is -0.157. The molecule has 2 aromatic rings. The molecule has 2 N–H and O–H groups in total. The zero-order valence-corrected chi connectivity index (χ0v) is 10.1. The summed E-state index contributed by atoms with van der Waals surface area (Å²) in [6.07, 6.45) is 3.23. The van der Waals surface area contributed by atoms with Gasteiger partial charge in [-0.25, -0.2) is 4.98 Å². The van der Waals surface area contributed by atoms with Crippen LogP contribution in [0.5, 0.6) is 5.75 Å². The fraction of sp³-hybridized carbons (Fsp3) is 0.231. The SMILES string of the molecule is CCn1ccnc(NCc2ccccc2O)c1=O. The van der Waals surface area contributed by atoms with Crippen molar-refractivity contribution in [2.24, 2.45) is 0 Å². The molecule has 5 nitrogen and oxygen atoms in total. The second kappa shape index (κ2) is 5.35. The summed E-state index contributed by atoms with van der Waals surface area (Å²) in [4.78, 5) is 15.9. The van der Waals surface area contributed by atoms with Crippen LogP contribution in [0.1, 0.15) is 12.5 Å². The smallest absolute Gasteiger partial charge is 0.293 e. The largest absolute Gasteiger partial charge is 0.508 e. The van der Waals surface area contributed by atoms with Gasteiger partial charge in [-0.05, 0) is 13.0 Å². The maximum atomic E-state index is 11.9. The standard InChI is InChI=1S/C13H15N3O2/c1-2-16-8-7-14-12(13(16)18)15-9-10-5-3-4-6-11(10)17/h3-8,17H,2,9H2,1H3,(H,14,15).